The summed E-state index contributed by atoms with van der Waals surface area (Å²) in [6.45, 7) is 1.09. The minimum absolute atomic E-state index is 0.0881. The van der Waals surface area contributed by atoms with E-state index in [-0.39, 0.29) is 31.3 Å². The Morgan fingerprint density at radius 3 is 2.88 bits per heavy atom. The second-order valence-electron chi connectivity index (χ2n) is 5.69. The van der Waals surface area contributed by atoms with Crippen molar-refractivity contribution in [3.05, 3.63) is 35.4 Å². The van der Waals surface area contributed by atoms with Crippen LogP contribution in [-0.4, -0.2) is 60.6 Å². The number of hydrogen-bond acceptors (Lipinski definition) is 4. The number of benzene rings is 1. The summed E-state index contributed by atoms with van der Waals surface area (Å²) in [4.78, 5) is 36.6. The Kier molecular flexibility index (Phi) is 6.31. The van der Waals surface area contributed by atoms with Gasteiger partial charge < -0.3 is 20.1 Å². The maximum Gasteiger partial charge on any atom is 0.305 e. The van der Waals surface area contributed by atoms with Crippen LogP contribution >= 0.6 is 0 Å². The molecule has 130 valence electrons. The Morgan fingerprint density at radius 1 is 1.38 bits per heavy atom. The number of nitrogens with zero attached hydrogens (tertiary/aromatic N) is 1. The van der Waals surface area contributed by atoms with Gasteiger partial charge in [0, 0.05) is 25.6 Å². The van der Waals surface area contributed by atoms with Crippen molar-refractivity contribution in [2.24, 2.45) is 0 Å². The first-order chi connectivity index (χ1) is 11.5. The largest absolute Gasteiger partial charge is 0.481 e. The number of carbonyl (C=O) groups is 3. The third-order valence-electron chi connectivity index (χ3n) is 4.00. The first-order valence-corrected chi connectivity index (χ1v) is 7.91. The number of carboxylic acids is 1. The minimum atomic E-state index is -0.943. The predicted octanol–water partition coefficient (Wildman–Crippen LogP) is 0.681. The smallest absolute Gasteiger partial charge is 0.305 e. The normalized spacial score (nSPS) is 17.4. The summed E-state index contributed by atoms with van der Waals surface area (Å²) in [5.41, 5.74) is 1.45. The van der Waals surface area contributed by atoms with Gasteiger partial charge in [0.15, 0.2) is 0 Å². The zero-order valence-electron chi connectivity index (χ0n) is 13.7. The van der Waals surface area contributed by atoms with Gasteiger partial charge in [-0.1, -0.05) is 12.1 Å². The molecule has 7 nitrogen and oxygen atoms in total. The number of nitrogens with one attached hydrogen (secondary N) is 1. The lowest BCUT2D eigenvalue weighted by Gasteiger charge is -2.35. The average Bonchev–Trinajstić information content (AvgIpc) is 2.59. The highest BCUT2D eigenvalue weighted by atomic mass is 16.5. The first kappa shape index (κ1) is 17.9. The number of hydrogen-bond donors (Lipinski definition) is 2. The first-order valence-electron chi connectivity index (χ1n) is 7.91. The lowest BCUT2D eigenvalue weighted by molar-refractivity contribution is -0.146. The molecule has 0 aliphatic carbocycles. The van der Waals surface area contributed by atoms with Gasteiger partial charge >= 0.3 is 5.97 Å². The SMILES string of the molecule is CNC(=O)c1cccc(CCC(=O)N2CCOCC2CC(=O)O)c1. The highest BCUT2D eigenvalue weighted by Gasteiger charge is 2.28. The molecule has 1 aromatic rings. The van der Waals surface area contributed by atoms with Crippen LogP contribution in [0.1, 0.15) is 28.8 Å². The van der Waals surface area contributed by atoms with Crippen molar-refractivity contribution in [1.82, 2.24) is 10.2 Å². The van der Waals surface area contributed by atoms with E-state index < -0.39 is 12.0 Å². The zero-order valence-corrected chi connectivity index (χ0v) is 13.7. The molecule has 2 amide bonds. The average molecular weight is 334 g/mol. The van der Waals surface area contributed by atoms with Gasteiger partial charge in [-0.3, -0.25) is 14.4 Å². The number of aryl methyl sites for hydroxylation is 1. The molecular formula is C17H22N2O5. The van der Waals surface area contributed by atoms with Gasteiger partial charge in [0.2, 0.25) is 5.91 Å². The molecule has 0 bridgehead atoms. The molecule has 2 N–H and O–H groups in total. The molecule has 0 spiro atoms. The topological polar surface area (TPSA) is 95.9 Å². The molecule has 1 saturated heterocycles. The van der Waals surface area contributed by atoms with Crippen molar-refractivity contribution in [2.45, 2.75) is 25.3 Å². The van der Waals surface area contributed by atoms with Crippen LogP contribution < -0.4 is 5.32 Å². The van der Waals surface area contributed by atoms with Gasteiger partial charge in [0.05, 0.1) is 25.7 Å². The van der Waals surface area contributed by atoms with Gasteiger partial charge in [-0.15, -0.1) is 0 Å². The number of carboxylic acid groups (broad SMARTS) is 1. The summed E-state index contributed by atoms with van der Waals surface area (Å²) in [7, 11) is 1.57. The molecule has 1 aliphatic heterocycles. The van der Waals surface area contributed by atoms with Gasteiger partial charge in [-0.2, -0.15) is 0 Å². The molecule has 2 rings (SSSR count). The molecule has 1 fully saturated rings. The molecule has 1 aromatic carbocycles. The lowest BCUT2D eigenvalue weighted by atomic mass is 10.0. The van der Waals surface area contributed by atoms with Crippen molar-refractivity contribution in [2.75, 3.05) is 26.8 Å². The third-order valence-corrected chi connectivity index (χ3v) is 4.00. The van der Waals surface area contributed by atoms with Crippen molar-refractivity contribution >= 4 is 17.8 Å². The van der Waals surface area contributed by atoms with Gasteiger partial charge in [0.25, 0.3) is 5.91 Å². The van der Waals surface area contributed by atoms with Crippen LogP contribution in [-0.2, 0) is 20.7 Å². The van der Waals surface area contributed by atoms with Crippen molar-refractivity contribution in [3.63, 3.8) is 0 Å². The summed E-state index contributed by atoms with van der Waals surface area (Å²) < 4.78 is 5.28. The van der Waals surface area contributed by atoms with E-state index in [1.165, 1.54) is 0 Å². The summed E-state index contributed by atoms with van der Waals surface area (Å²) in [6, 6.07) is 6.72. The van der Waals surface area contributed by atoms with E-state index in [1.54, 1.807) is 30.1 Å². The van der Waals surface area contributed by atoms with Crippen LogP contribution in [0.3, 0.4) is 0 Å². The third kappa shape index (κ3) is 4.79. The predicted molar refractivity (Wildman–Crippen MR) is 86.7 cm³/mol. The van der Waals surface area contributed by atoms with Crippen LogP contribution in [0.2, 0.25) is 0 Å². The number of rotatable bonds is 6. The molecule has 0 radical (unpaired) electrons. The molecule has 1 atom stereocenters. The van der Waals surface area contributed by atoms with E-state index >= 15 is 0 Å². The molecule has 1 aliphatic rings. The lowest BCUT2D eigenvalue weighted by Crippen LogP contribution is -2.49. The Labute approximate surface area is 140 Å². The van der Waals surface area contributed by atoms with Crippen LogP contribution in [0.5, 0.6) is 0 Å². The molecular weight excluding hydrogens is 312 g/mol. The van der Waals surface area contributed by atoms with Crippen LogP contribution in [0.25, 0.3) is 0 Å². The number of ether oxygens (including phenoxy) is 1. The van der Waals surface area contributed by atoms with Crippen molar-refractivity contribution in [3.8, 4) is 0 Å². The fraction of sp³-hybridized carbons (Fsp3) is 0.471. The van der Waals surface area contributed by atoms with Crippen molar-refractivity contribution in [1.29, 1.82) is 0 Å². The highest BCUT2D eigenvalue weighted by molar-refractivity contribution is 5.94. The van der Waals surface area contributed by atoms with E-state index in [0.29, 0.717) is 25.1 Å². The number of amides is 2. The maximum atomic E-state index is 12.4. The van der Waals surface area contributed by atoms with E-state index in [1.807, 2.05) is 6.07 Å². The molecule has 1 heterocycles. The summed E-state index contributed by atoms with van der Waals surface area (Å²) >= 11 is 0. The molecule has 1 unspecified atom stereocenters. The second-order valence-corrected chi connectivity index (χ2v) is 5.69. The standard InChI is InChI=1S/C17H22N2O5/c1-18-17(23)13-4-2-3-12(9-13)5-6-15(20)19-7-8-24-11-14(19)10-16(21)22/h2-4,9,14H,5-8,10-11H2,1H3,(H,18,23)(H,21,22). The Hall–Kier alpha value is -2.41. The fourth-order valence-electron chi connectivity index (χ4n) is 2.76. The summed E-state index contributed by atoms with van der Waals surface area (Å²) in [5, 5.41) is 11.5. The highest BCUT2D eigenvalue weighted by Crippen LogP contribution is 2.14. The molecule has 0 aromatic heterocycles. The van der Waals surface area contributed by atoms with Crippen LogP contribution in [0.15, 0.2) is 24.3 Å². The van der Waals surface area contributed by atoms with Crippen LogP contribution in [0, 0.1) is 0 Å². The fourth-order valence-corrected chi connectivity index (χ4v) is 2.76. The van der Waals surface area contributed by atoms with Gasteiger partial charge in [0.1, 0.15) is 0 Å². The molecule has 7 heteroatoms. The monoisotopic (exact) mass is 334 g/mol. The Bertz CT molecular complexity index is 617. The quantitative estimate of drug-likeness (QED) is 0.797. The van der Waals surface area contributed by atoms with Gasteiger partial charge in [-0.25, -0.2) is 0 Å². The Morgan fingerprint density at radius 2 is 2.17 bits per heavy atom. The number of carbonyl (C=O) groups excluding carboxylic acids is 2. The van der Waals surface area contributed by atoms with E-state index in [0.717, 1.165) is 5.56 Å². The summed E-state index contributed by atoms with van der Waals surface area (Å²) in [6.07, 6.45) is 0.659. The number of aliphatic carboxylic acids is 1. The number of morpholine rings is 1. The second kappa shape index (κ2) is 8.44. The van der Waals surface area contributed by atoms with E-state index in [4.69, 9.17) is 9.84 Å². The van der Waals surface area contributed by atoms with E-state index in [2.05, 4.69) is 5.32 Å². The van der Waals surface area contributed by atoms with Gasteiger partial charge in [-0.05, 0) is 24.1 Å². The van der Waals surface area contributed by atoms with Crippen molar-refractivity contribution < 1.29 is 24.2 Å². The Balaban J connectivity index is 1.96. The molecule has 0 saturated carbocycles. The maximum absolute atomic E-state index is 12.4. The van der Waals surface area contributed by atoms with E-state index in [9.17, 15) is 14.4 Å². The van der Waals surface area contributed by atoms with Crippen LogP contribution in [0.4, 0.5) is 0 Å². The zero-order chi connectivity index (χ0) is 17.5. The molecule has 24 heavy (non-hydrogen) atoms. The summed E-state index contributed by atoms with van der Waals surface area (Å²) in [5.74, 6) is -1.20. The minimum Gasteiger partial charge on any atom is -0.481 e.